The summed E-state index contributed by atoms with van der Waals surface area (Å²) in [5.41, 5.74) is 1.53. The molecule has 0 aliphatic carbocycles. The normalized spacial score (nSPS) is 20.4. The molecule has 1 aliphatic heterocycles. The van der Waals surface area contributed by atoms with Crippen molar-refractivity contribution in [2.75, 3.05) is 16.8 Å². The third-order valence-electron chi connectivity index (χ3n) is 4.07. The second kappa shape index (κ2) is 7.15. The Hall–Kier alpha value is -2.18. The lowest BCUT2D eigenvalue weighted by molar-refractivity contribution is -0.118. The zero-order chi connectivity index (χ0) is 17.0. The van der Waals surface area contributed by atoms with Crippen molar-refractivity contribution >= 4 is 21.4 Å². The summed E-state index contributed by atoms with van der Waals surface area (Å²) in [5, 5.41) is 6.10. The first kappa shape index (κ1) is 16.7. The van der Waals surface area contributed by atoms with Crippen LogP contribution in [-0.4, -0.2) is 31.9 Å². The van der Waals surface area contributed by atoms with Crippen molar-refractivity contribution in [3.05, 3.63) is 66.2 Å². The molecule has 2 aromatic carbocycles. The molecule has 0 radical (unpaired) electrons. The maximum atomic E-state index is 12.7. The largest absolute Gasteiger partial charge is 0.324 e. The number of rotatable bonds is 5. The van der Waals surface area contributed by atoms with Crippen LogP contribution in [-0.2, 0) is 14.6 Å². The molecule has 1 amide bonds. The van der Waals surface area contributed by atoms with Crippen LogP contribution in [0.3, 0.4) is 0 Å². The lowest BCUT2D eigenvalue weighted by Crippen LogP contribution is -2.40. The SMILES string of the molecule is O=C(Nc1ccccc1)C(NC1CCS(=O)(=O)C1)c1ccccc1. The molecule has 0 aromatic heterocycles. The molecule has 0 saturated carbocycles. The third kappa shape index (κ3) is 4.21. The van der Waals surface area contributed by atoms with Crippen molar-refractivity contribution in [1.82, 2.24) is 5.32 Å². The Bertz CT molecular complexity index is 792. The monoisotopic (exact) mass is 344 g/mol. The van der Waals surface area contributed by atoms with Gasteiger partial charge < -0.3 is 5.32 Å². The number of amides is 1. The number of carbonyl (C=O) groups is 1. The summed E-state index contributed by atoms with van der Waals surface area (Å²) in [7, 11) is -3.00. The minimum atomic E-state index is -3.00. The van der Waals surface area contributed by atoms with Gasteiger partial charge in [0.05, 0.1) is 11.5 Å². The second-order valence-electron chi connectivity index (χ2n) is 5.97. The summed E-state index contributed by atoms with van der Waals surface area (Å²) in [5.74, 6) is 0.0539. The van der Waals surface area contributed by atoms with Gasteiger partial charge in [-0.05, 0) is 24.1 Å². The topological polar surface area (TPSA) is 75.3 Å². The maximum absolute atomic E-state index is 12.7. The average molecular weight is 344 g/mol. The van der Waals surface area contributed by atoms with E-state index in [9.17, 15) is 13.2 Å². The van der Waals surface area contributed by atoms with E-state index >= 15 is 0 Å². The number of sulfone groups is 1. The van der Waals surface area contributed by atoms with Crippen LogP contribution >= 0.6 is 0 Å². The summed E-state index contributed by atoms with van der Waals surface area (Å²) >= 11 is 0. The van der Waals surface area contributed by atoms with Crippen LogP contribution in [0.25, 0.3) is 0 Å². The zero-order valence-electron chi connectivity index (χ0n) is 13.2. The molecule has 3 rings (SSSR count). The highest BCUT2D eigenvalue weighted by Crippen LogP contribution is 2.20. The van der Waals surface area contributed by atoms with Crippen LogP contribution in [0.2, 0.25) is 0 Å². The standard InChI is InChI=1S/C18H20N2O3S/c21-18(20-15-9-5-2-6-10-15)17(14-7-3-1-4-8-14)19-16-11-12-24(22,23)13-16/h1-10,16-17,19H,11-13H2,(H,20,21). The predicted octanol–water partition coefficient (Wildman–Crippen LogP) is 2.14. The minimum absolute atomic E-state index is 0.0783. The highest BCUT2D eigenvalue weighted by atomic mass is 32.2. The van der Waals surface area contributed by atoms with Gasteiger partial charge in [0.1, 0.15) is 6.04 Å². The molecule has 24 heavy (non-hydrogen) atoms. The Kier molecular flexibility index (Phi) is 4.97. The first-order valence-electron chi connectivity index (χ1n) is 7.91. The van der Waals surface area contributed by atoms with Gasteiger partial charge in [-0.25, -0.2) is 8.42 Å². The van der Waals surface area contributed by atoms with E-state index in [0.29, 0.717) is 12.1 Å². The Morgan fingerprint density at radius 3 is 2.21 bits per heavy atom. The van der Waals surface area contributed by atoms with Gasteiger partial charge in [-0.2, -0.15) is 0 Å². The molecular weight excluding hydrogens is 324 g/mol. The van der Waals surface area contributed by atoms with E-state index in [1.54, 1.807) is 0 Å². The first-order chi connectivity index (χ1) is 11.5. The van der Waals surface area contributed by atoms with Crippen molar-refractivity contribution < 1.29 is 13.2 Å². The Labute approximate surface area is 142 Å². The van der Waals surface area contributed by atoms with Crippen molar-refractivity contribution in [3.63, 3.8) is 0 Å². The Balaban J connectivity index is 1.78. The van der Waals surface area contributed by atoms with E-state index in [-0.39, 0.29) is 23.5 Å². The summed E-state index contributed by atoms with van der Waals surface area (Å²) in [6.07, 6.45) is 0.532. The van der Waals surface area contributed by atoms with E-state index in [4.69, 9.17) is 0 Å². The van der Waals surface area contributed by atoms with E-state index in [0.717, 1.165) is 5.56 Å². The molecule has 1 saturated heterocycles. The summed E-state index contributed by atoms with van der Waals surface area (Å²) in [6, 6.07) is 17.8. The van der Waals surface area contributed by atoms with Gasteiger partial charge in [0.25, 0.3) is 0 Å². The van der Waals surface area contributed by atoms with Crippen LogP contribution in [0.15, 0.2) is 60.7 Å². The fourth-order valence-electron chi connectivity index (χ4n) is 2.87. The van der Waals surface area contributed by atoms with Crippen molar-refractivity contribution in [3.8, 4) is 0 Å². The lowest BCUT2D eigenvalue weighted by Gasteiger charge is -2.22. The van der Waals surface area contributed by atoms with Crippen LogP contribution in [0.1, 0.15) is 18.0 Å². The van der Waals surface area contributed by atoms with Crippen molar-refractivity contribution in [1.29, 1.82) is 0 Å². The van der Waals surface area contributed by atoms with E-state index in [1.165, 1.54) is 0 Å². The number of anilines is 1. The average Bonchev–Trinajstić information content (AvgIpc) is 2.93. The number of nitrogens with one attached hydrogen (secondary N) is 2. The maximum Gasteiger partial charge on any atom is 0.246 e. The van der Waals surface area contributed by atoms with Gasteiger partial charge in [0.15, 0.2) is 9.84 Å². The van der Waals surface area contributed by atoms with Crippen molar-refractivity contribution in [2.24, 2.45) is 0 Å². The number of hydrogen-bond acceptors (Lipinski definition) is 4. The predicted molar refractivity (Wildman–Crippen MR) is 94.4 cm³/mol. The molecule has 2 atom stereocenters. The Morgan fingerprint density at radius 1 is 1.00 bits per heavy atom. The van der Waals surface area contributed by atoms with Crippen LogP contribution in [0, 0.1) is 0 Å². The minimum Gasteiger partial charge on any atom is -0.324 e. The van der Waals surface area contributed by atoms with E-state index < -0.39 is 15.9 Å². The smallest absolute Gasteiger partial charge is 0.246 e. The van der Waals surface area contributed by atoms with Gasteiger partial charge >= 0.3 is 0 Å². The highest BCUT2D eigenvalue weighted by Gasteiger charge is 2.32. The fourth-order valence-corrected chi connectivity index (χ4v) is 4.55. The number of carbonyl (C=O) groups excluding carboxylic acids is 1. The molecular formula is C18H20N2O3S. The van der Waals surface area contributed by atoms with Gasteiger partial charge in [0, 0.05) is 11.7 Å². The molecule has 0 spiro atoms. The van der Waals surface area contributed by atoms with E-state index in [2.05, 4.69) is 10.6 Å². The molecule has 0 bridgehead atoms. The fraction of sp³-hybridized carbons (Fsp3) is 0.278. The van der Waals surface area contributed by atoms with Gasteiger partial charge in [0.2, 0.25) is 5.91 Å². The molecule has 2 unspecified atom stereocenters. The molecule has 126 valence electrons. The number of para-hydroxylation sites is 1. The number of benzene rings is 2. The van der Waals surface area contributed by atoms with Crippen LogP contribution < -0.4 is 10.6 Å². The lowest BCUT2D eigenvalue weighted by atomic mass is 10.0. The van der Waals surface area contributed by atoms with Crippen LogP contribution in [0.4, 0.5) is 5.69 Å². The van der Waals surface area contributed by atoms with Gasteiger partial charge in [-0.3, -0.25) is 10.1 Å². The molecule has 2 aromatic rings. The molecule has 5 nitrogen and oxygen atoms in total. The zero-order valence-corrected chi connectivity index (χ0v) is 14.0. The van der Waals surface area contributed by atoms with E-state index in [1.807, 2.05) is 60.7 Å². The number of hydrogen-bond donors (Lipinski definition) is 2. The Morgan fingerprint density at radius 2 is 1.62 bits per heavy atom. The summed E-state index contributed by atoms with van der Waals surface area (Å²) in [6.45, 7) is 0. The van der Waals surface area contributed by atoms with Gasteiger partial charge in [-0.15, -0.1) is 0 Å². The highest BCUT2D eigenvalue weighted by molar-refractivity contribution is 7.91. The molecule has 1 fully saturated rings. The summed E-state index contributed by atoms with van der Waals surface area (Å²) < 4.78 is 23.4. The molecule has 6 heteroatoms. The van der Waals surface area contributed by atoms with Crippen molar-refractivity contribution in [2.45, 2.75) is 18.5 Å². The van der Waals surface area contributed by atoms with Crippen LogP contribution in [0.5, 0.6) is 0 Å². The van der Waals surface area contributed by atoms with Gasteiger partial charge in [-0.1, -0.05) is 48.5 Å². The molecule has 1 heterocycles. The third-order valence-corrected chi connectivity index (χ3v) is 5.84. The summed E-state index contributed by atoms with van der Waals surface area (Å²) in [4.78, 5) is 12.7. The molecule has 2 N–H and O–H groups in total. The quantitative estimate of drug-likeness (QED) is 0.871. The second-order valence-corrected chi connectivity index (χ2v) is 8.19. The molecule has 1 aliphatic rings. The first-order valence-corrected chi connectivity index (χ1v) is 9.73.